The molecule has 2 saturated heterocycles. The maximum absolute atomic E-state index is 8.73. The zero-order valence-corrected chi connectivity index (χ0v) is 8.08. The molecule has 0 aliphatic carbocycles. The number of aliphatic hydroxyl groups excluding tert-OH is 1. The molecular formula is C9H19N3O. The second kappa shape index (κ2) is 4.37. The van der Waals surface area contributed by atoms with Crippen LogP contribution in [-0.4, -0.2) is 73.4 Å². The monoisotopic (exact) mass is 185 g/mol. The van der Waals surface area contributed by atoms with E-state index in [4.69, 9.17) is 5.11 Å². The number of aliphatic hydroxyl groups is 1. The fraction of sp³-hybridized carbons (Fsp3) is 1.00. The Morgan fingerprint density at radius 1 is 1.23 bits per heavy atom. The van der Waals surface area contributed by atoms with E-state index in [9.17, 15) is 0 Å². The van der Waals surface area contributed by atoms with Crippen molar-refractivity contribution in [1.29, 1.82) is 0 Å². The van der Waals surface area contributed by atoms with Gasteiger partial charge in [0, 0.05) is 51.9 Å². The highest BCUT2D eigenvalue weighted by Crippen LogP contribution is 2.14. The van der Waals surface area contributed by atoms with Gasteiger partial charge in [-0.1, -0.05) is 0 Å². The molecule has 2 fully saturated rings. The number of hydrogen-bond acceptors (Lipinski definition) is 4. The number of likely N-dealkylation sites (tertiary alicyclic amines) is 1. The van der Waals surface area contributed by atoms with Crippen LogP contribution in [0.15, 0.2) is 0 Å². The molecule has 0 atom stereocenters. The first-order chi connectivity index (χ1) is 6.40. The summed E-state index contributed by atoms with van der Waals surface area (Å²) in [5.74, 6) is 0. The largest absolute Gasteiger partial charge is 0.395 e. The van der Waals surface area contributed by atoms with Gasteiger partial charge >= 0.3 is 0 Å². The predicted octanol–water partition coefficient (Wildman–Crippen LogP) is -1.43. The summed E-state index contributed by atoms with van der Waals surface area (Å²) in [5.41, 5.74) is 0. The molecule has 2 aliphatic heterocycles. The van der Waals surface area contributed by atoms with Crippen molar-refractivity contribution >= 4 is 0 Å². The standard InChI is InChI=1S/C9H19N3O/c13-6-5-11-7-9(8-11)12-3-1-10-2-4-12/h9-10,13H,1-8H2. The van der Waals surface area contributed by atoms with Gasteiger partial charge in [-0.3, -0.25) is 9.80 Å². The molecule has 4 heteroatoms. The molecule has 0 saturated carbocycles. The molecule has 0 amide bonds. The zero-order chi connectivity index (χ0) is 9.10. The summed E-state index contributed by atoms with van der Waals surface area (Å²) in [6, 6.07) is 0.758. The molecule has 2 aliphatic rings. The maximum atomic E-state index is 8.73. The molecule has 0 aromatic rings. The van der Waals surface area contributed by atoms with Gasteiger partial charge < -0.3 is 10.4 Å². The third-order valence-electron chi connectivity index (χ3n) is 3.02. The summed E-state index contributed by atoms with van der Waals surface area (Å²) in [6.45, 7) is 8.11. The lowest BCUT2D eigenvalue weighted by Crippen LogP contribution is -2.62. The van der Waals surface area contributed by atoms with Gasteiger partial charge in [-0.2, -0.15) is 0 Å². The van der Waals surface area contributed by atoms with E-state index in [0.29, 0.717) is 6.61 Å². The highest BCUT2D eigenvalue weighted by atomic mass is 16.3. The number of β-amino-alcohol motifs (C(OH)–C–C–N with tert-alkyl or cyclic N) is 1. The van der Waals surface area contributed by atoms with E-state index in [-0.39, 0.29) is 0 Å². The lowest BCUT2D eigenvalue weighted by Gasteiger charge is -2.46. The van der Waals surface area contributed by atoms with E-state index < -0.39 is 0 Å². The molecule has 4 nitrogen and oxygen atoms in total. The Labute approximate surface area is 79.5 Å². The van der Waals surface area contributed by atoms with Crippen LogP contribution in [0.1, 0.15) is 0 Å². The second-order valence-electron chi connectivity index (χ2n) is 3.92. The van der Waals surface area contributed by atoms with Gasteiger partial charge in [-0.25, -0.2) is 0 Å². The number of nitrogens with zero attached hydrogens (tertiary/aromatic N) is 2. The number of nitrogens with one attached hydrogen (secondary N) is 1. The molecule has 2 N–H and O–H groups in total. The van der Waals surface area contributed by atoms with E-state index in [2.05, 4.69) is 15.1 Å². The molecule has 2 rings (SSSR count). The van der Waals surface area contributed by atoms with E-state index in [1.165, 1.54) is 13.1 Å². The van der Waals surface area contributed by atoms with E-state index in [1.807, 2.05) is 0 Å². The molecule has 13 heavy (non-hydrogen) atoms. The van der Waals surface area contributed by atoms with Crippen LogP contribution in [0.2, 0.25) is 0 Å². The molecular weight excluding hydrogens is 166 g/mol. The first-order valence-corrected chi connectivity index (χ1v) is 5.18. The number of hydrogen-bond donors (Lipinski definition) is 2. The van der Waals surface area contributed by atoms with Gasteiger partial charge in [0.05, 0.1) is 6.61 Å². The average molecular weight is 185 g/mol. The zero-order valence-electron chi connectivity index (χ0n) is 8.08. The predicted molar refractivity (Wildman–Crippen MR) is 51.8 cm³/mol. The minimum atomic E-state index is 0.300. The molecule has 0 spiro atoms. The minimum absolute atomic E-state index is 0.300. The molecule has 2 heterocycles. The normalized spacial score (nSPS) is 27.5. The van der Waals surface area contributed by atoms with Crippen molar-refractivity contribution in [2.45, 2.75) is 6.04 Å². The molecule has 0 radical (unpaired) electrons. The quantitative estimate of drug-likeness (QED) is 0.565. The van der Waals surface area contributed by atoms with E-state index in [1.54, 1.807) is 0 Å². The summed E-state index contributed by atoms with van der Waals surface area (Å²) >= 11 is 0. The van der Waals surface area contributed by atoms with Crippen molar-refractivity contribution in [1.82, 2.24) is 15.1 Å². The topological polar surface area (TPSA) is 38.7 Å². The maximum Gasteiger partial charge on any atom is 0.0558 e. The van der Waals surface area contributed by atoms with Crippen molar-refractivity contribution in [3.8, 4) is 0 Å². The lowest BCUT2D eigenvalue weighted by molar-refractivity contribution is 0.0182. The van der Waals surface area contributed by atoms with Gasteiger partial charge in [0.15, 0.2) is 0 Å². The first-order valence-electron chi connectivity index (χ1n) is 5.18. The van der Waals surface area contributed by atoms with Crippen LogP contribution in [-0.2, 0) is 0 Å². The van der Waals surface area contributed by atoms with E-state index in [0.717, 1.165) is 38.8 Å². The Bertz CT molecular complexity index is 153. The molecule has 0 aromatic heterocycles. The highest BCUT2D eigenvalue weighted by Gasteiger charge is 2.31. The summed E-state index contributed by atoms with van der Waals surface area (Å²) in [6.07, 6.45) is 0. The van der Waals surface area contributed by atoms with Gasteiger partial charge in [0.1, 0.15) is 0 Å². The molecule has 0 aromatic carbocycles. The van der Waals surface area contributed by atoms with Crippen LogP contribution in [0.5, 0.6) is 0 Å². The van der Waals surface area contributed by atoms with Gasteiger partial charge in [-0.05, 0) is 0 Å². The fourth-order valence-electron chi connectivity index (χ4n) is 2.14. The summed E-state index contributed by atoms with van der Waals surface area (Å²) in [4.78, 5) is 4.87. The van der Waals surface area contributed by atoms with Crippen LogP contribution in [0, 0.1) is 0 Å². The Balaban J connectivity index is 1.66. The van der Waals surface area contributed by atoms with Crippen molar-refractivity contribution < 1.29 is 5.11 Å². The third kappa shape index (κ3) is 2.20. The SMILES string of the molecule is OCCN1CC(N2CCNCC2)C1. The lowest BCUT2D eigenvalue weighted by atomic mass is 10.1. The minimum Gasteiger partial charge on any atom is -0.395 e. The van der Waals surface area contributed by atoms with Gasteiger partial charge in [0.25, 0.3) is 0 Å². The number of rotatable bonds is 3. The second-order valence-corrected chi connectivity index (χ2v) is 3.92. The van der Waals surface area contributed by atoms with Crippen molar-refractivity contribution in [3.05, 3.63) is 0 Å². The molecule has 0 unspecified atom stereocenters. The van der Waals surface area contributed by atoms with Crippen molar-refractivity contribution in [3.63, 3.8) is 0 Å². The van der Waals surface area contributed by atoms with Crippen molar-refractivity contribution in [2.24, 2.45) is 0 Å². The summed E-state index contributed by atoms with van der Waals surface area (Å²) in [7, 11) is 0. The smallest absolute Gasteiger partial charge is 0.0558 e. The van der Waals surface area contributed by atoms with E-state index >= 15 is 0 Å². The van der Waals surface area contributed by atoms with Gasteiger partial charge in [0.2, 0.25) is 0 Å². The van der Waals surface area contributed by atoms with Gasteiger partial charge in [-0.15, -0.1) is 0 Å². The first kappa shape index (κ1) is 9.40. The average Bonchev–Trinajstić information content (AvgIpc) is 2.12. The fourth-order valence-corrected chi connectivity index (χ4v) is 2.14. The Kier molecular flexibility index (Phi) is 3.16. The Morgan fingerprint density at radius 3 is 2.54 bits per heavy atom. The number of piperazine rings is 1. The highest BCUT2D eigenvalue weighted by molar-refractivity contribution is 4.89. The van der Waals surface area contributed by atoms with Crippen LogP contribution in [0.3, 0.4) is 0 Å². The molecule has 76 valence electrons. The molecule has 0 bridgehead atoms. The van der Waals surface area contributed by atoms with Crippen LogP contribution in [0.25, 0.3) is 0 Å². The summed E-state index contributed by atoms with van der Waals surface area (Å²) in [5, 5.41) is 12.1. The van der Waals surface area contributed by atoms with Crippen LogP contribution < -0.4 is 5.32 Å². The third-order valence-corrected chi connectivity index (χ3v) is 3.02. The van der Waals surface area contributed by atoms with Crippen LogP contribution >= 0.6 is 0 Å². The Hall–Kier alpha value is -0.160. The van der Waals surface area contributed by atoms with Crippen molar-refractivity contribution in [2.75, 3.05) is 52.4 Å². The summed E-state index contributed by atoms with van der Waals surface area (Å²) < 4.78 is 0. The Morgan fingerprint density at radius 2 is 1.92 bits per heavy atom. The van der Waals surface area contributed by atoms with Crippen LogP contribution in [0.4, 0.5) is 0 Å².